The predicted octanol–water partition coefficient (Wildman–Crippen LogP) is 14.5. The number of aromatic nitrogens is 7. The zero-order chi connectivity index (χ0) is 44.5. The van der Waals surface area contributed by atoms with Crippen molar-refractivity contribution in [2.24, 2.45) is 0 Å². The molecular weight excluding hydrogens is 819 g/mol. The summed E-state index contributed by atoms with van der Waals surface area (Å²) in [5.41, 5.74) is 12.8. The van der Waals surface area contributed by atoms with E-state index in [-0.39, 0.29) is 0 Å². The van der Waals surface area contributed by atoms with Gasteiger partial charge in [-0.3, -0.25) is 0 Å². The summed E-state index contributed by atoms with van der Waals surface area (Å²) in [5.74, 6) is 3.39. The highest BCUT2D eigenvalue weighted by Gasteiger charge is 2.21. The number of nitrogens with zero attached hydrogens (tertiary/aromatic N) is 7. The lowest BCUT2D eigenvalue weighted by molar-refractivity contribution is 1.07. The van der Waals surface area contributed by atoms with E-state index >= 15 is 0 Å². The summed E-state index contributed by atoms with van der Waals surface area (Å²) < 4.78 is 2.36. The quantitative estimate of drug-likeness (QED) is 0.144. The minimum atomic E-state index is 0.529. The molecule has 9 aromatic carbocycles. The van der Waals surface area contributed by atoms with Crippen LogP contribution >= 0.6 is 0 Å². The Morgan fingerprint density at radius 3 is 1.12 bits per heavy atom. The van der Waals surface area contributed by atoms with Crippen molar-refractivity contribution in [1.29, 1.82) is 0 Å². The van der Waals surface area contributed by atoms with Gasteiger partial charge in [0, 0.05) is 49.8 Å². The van der Waals surface area contributed by atoms with Crippen LogP contribution in [0.15, 0.2) is 237 Å². The summed E-state index contributed by atoms with van der Waals surface area (Å²) in [7, 11) is 0. The molecule has 0 N–H and O–H groups in total. The van der Waals surface area contributed by atoms with Crippen molar-refractivity contribution < 1.29 is 0 Å². The molecule has 3 aromatic heterocycles. The lowest BCUT2D eigenvalue weighted by atomic mass is 9.95. The number of hydrogen-bond donors (Lipinski definition) is 0. The molecule has 7 heteroatoms. The SMILES string of the molecule is c1ccc(-c2ccc3c(c2)c2ccc(-c4ccc(-c5nc(-c6ccccc6)nc(-c6ccccc6)n5)cc4-c4nc(-c5ccccc5)nc(-c5ccccc5)n4)cc2n3-c2ccccc2)cc1. The first kappa shape index (κ1) is 39.4. The molecule has 0 saturated carbocycles. The molecule has 12 rings (SSSR count). The zero-order valence-electron chi connectivity index (χ0n) is 36.1. The van der Waals surface area contributed by atoms with Gasteiger partial charge in [-0.05, 0) is 58.7 Å². The van der Waals surface area contributed by atoms with E-state index in [0.717, 1.165) is 66.6 Å². The second-order valence-corrected chi connectivity index (χ2v) is 16.3. The highest BCUT2D eigenvalue weighted by Crippen LogP contribution is 2.41. The highest BCUT2D eigenvalue weighted by atomic mass is 15.0. The van der Waals surface area contributed by atoms with E-state index in [4.69, 9.17) is 29.9 Å². The van der Waals surface area contributed by atoms with Crippen LogP contribution in [-0.4, -0.2) is 34.5 Å². The molecule has 0 radical (unpaired) electrons. The van der Waals surface area contributed by atoms with Crippen LogP contribution in [0.4, 0.5) is 0 Å². The summed E-state index contributed by atoms with van der Waals surface area (Å²) in [6.45, 7) is 0. The smallest absolute Gasteiger partial charge is 0.164 e. The maximum atomic E-state index is 5.27. The van der Waals surface area contributed by atoms with Crippen molar-refractivity contribution in [1.82, 2.24) is 34.5 Å². The molecule has 0 bridgehead atoms. The van der Waals surface area contributed by atoms with E-state index in [1.54, 1.807) is 0 Å². The van der Waals surface area contributed by atoms with Crippen molar-refractivity contribution in [3.8, 4) is 96.3 Å². The first-order chi connectivity index (χ1) is 33.2. The fourth-order valence-corrected chi connectivity index (χ4v) is 8.84. The number of hydrogen-bond acceptors (Lipinski definition) is 6. The summed E-state index contributed by atoms with van der Waals surface area (Å²) in [4.78, 5) is 30.8. The second kappa shape index (κ2) is 17.1. The van der Waals surface area contributed by atoms with Gasteiger partial charge in [0.25, 0.3) is 0 Å². The van der Waals surface area contributed by atoms with Gasteiger partial charge in [0.2, 0.25) is 0 Å². The average Bonchev–Trinajstić information content (AvgIpc) is 3.75. The summed E-state index contributed by atoms with van der Waals surface area (Å²) in [6.07, 6.45) is 0. The van der Waals surface area contributed by atoms with Crippen LogP contribution in [0.1, 0.15) is 0 Å². The monoisotopic (exact) mass is 857 g/mol. The third kappa shape index (κ3) is 7.60. The maximum Gasteiger partial charge on any atom is 0.164 e. The maximum absolute atomic E-state index is 5.27. The molecule has 0 aliphatic rings. The fraction of sp³-hybridized carbons (Fsp3) is 0. The van der Waals surface area contributed by atoms with E-state index in [1.807, 2.05) is 121 Å². The van der Waals surface area contributed by atoms with Crippen LogP contribution in [0, 0.1) is 0 Å². The Balaban J connectivity index is 1.11. The van der Waals surface area contributed by atoms with Gasteiger partial charge in [-0.2, -0.15) is 0 Å². The minimum Gasteiger partial charge on any atom is -0.309 e. The zero-order valence-corrected chi connectivity index (χ0v) is 36.1. The summed E-state index contributed by atoms with van der Waals surface area (Å²) >= 11 is 0. The Labute approximate surface area is 387 Å². The predicted molar refractivity (Wildman–Crippen MR) is 271 cm³/mol. The Morgan fingerprint density at radius 2 is 0.627 bits per heavy atom. The Hall–Kier alpha value is -9.20. The molecule has 0 aliphatic carbocycles. The minimum absolute atomic E-state index is 0.529. The first-order valence-corrected chi connectivity index (χ1v) is 22.3. The molecule has 0 amide bonds. The molecule has 0 saturated heterocycles. The topological polar surface area (TPSA) is 82.3 Å². The Morgan fingerprint density at radius 1 is 0.224 bits per heavy atom. The average molecular weight is 858 g/mol. The van der Waals surface area contributed by atoms with E-state index < -0.39 is 0 Å². The van der Waals surface area contributed by atoms with Crippen molar-refractivity contribution in [2.45, 2.75) is 0 Å². The standard InChI is InChI=1S/C60H39N7/c1-7-19-40(20-8-1)45-33-36-53-51(37-45)50-35-31-46(39-54(50)67(53)48-29-17-6-18-30-48)49-34-32-47(59-63-55(41-21-9-2-10-22-41)61-56(64-59)42-23-11-3-12-24-42)38-52(49)60-65-57(43-25-13-4-14-26-43)62-58(66-60)44-27-15-5-16-28-44/h1-39H. The van der Waals surface area contributed by atoms with Crippen LogP contribution in [0.3, 0.4) is 0 Å². The van der Waals surface area contributed by atoms with Crippen LogP contribution in [0.25, 0.3) is 118 Å². The van der Waals surface area contributed by atoms with Gasteiger partial charge >= 0.3 is 0 Å². The Bertz CT molecular complexity index is 3600. The number of benzene rings is 9. The van der Waals surface area contributed by atoms with E-state index in [2.05, 4.69) is 120 Å². The number of rotatable bonds is 9. The van der Waals surface area contributed by atoms with Crippen molar-refractivity contribution >= 4 is 21.8 Å². The molecule has 3 heterocycles. The second-order valence-electron chi connectivity index (χ2n) is 16.3. The normalized spacial score (nSPS) is 11.3. The largest absolute Gasteiger partial charge is 0.309 e. The van der Waals surface area contributed by atoms with Gasteiger partial charge in [0.15, 0.2) is 34.9 Å². The van der Waals surface area contributed by atoms with Crippen LogP contribution < -0.4 is 0 Å². The van der Waals surface area contributed by atoms with Gasteiger partial charge in [0.05, 0.1) is 11.0 Å². The number of fused-ring (bicyclic) bond motifs is 3. The molecule has 0 fully saturated rings. The molecule has 0 spiro atoms. The molecule has 0 unspecified atom stereocenters. The van der Waals surface area contributed by atoms with Crippen molar-refractivity contribution in [2.75, 3.05) is 0 Å². The van der Waals surface area contributed by atoms with Gasteiger partial charge in [-0.1, -0.05) is 200 Å². The fourth-order valence-electron chi connectivity index (χ4n) is 8.84. The molecule has 314 valence electrons. The lowest BCUT2D eigenvalue weighted by Gasteiger charge is -2.15. The molecular formula is C60H39N7. The Kier molecular flexibility index (Phi) is 10.0. The third-order valence-electron chi connectivity index (χ3n) is 12.1. The van der Waals surface area contributed by atoms with Crippen molar-refractivity contribution in [3.63, 3.8) is 0 Å². The summed E-state index contributed by atoms with van der Waals surface area (Å²) in [6, 6.07) is 81.3. The van der Waals surface area contributed by atoms with E-state index in [1.165, 1.54) is 16.5 Å². The van der Waals surface area contributed by atoms with Gasteiger partial charge < -0.3 is 4.57 Å². The van der Waals surface area contributed by atoms with Crippen LogP contribution in [0.5, 0.6) is 0 Å². The van der Waals surface area contributed by atoms with Gasteiger partial charge in [0.1, 0.15) is 0 Å². The van der Waals surface area contributed by atoms with Gasteiger partial charge in [-0.15, -0.1) is 0 Å². The van der Waals surface area contributed by atoms with E-state index in [0.29, 0.717) is 34.9 Å². The van der Waals surface area contributed by atoms with E-state index in [9.17, 15) is 0 Å². The third-order valence-corrected chi connectivity index (χ3v) is 12.1. The van der Waals surface area contributed by atoms with Crippen molar-refractivity contribution in [3.05, 3.63) is 237 Å². The lowest BCUT2D eigenvalue weighted by Crippen LogP contribution is -2.03. The van der Waals surface area contributed by atoms with Gasteiger partial charge in [-0.25, -0.2) is 29.9 Å². The molecule has 0 atom stereocenters. The van der Waals surface area contributed by atoms with Crippen LogP contribution in [0.2, 0.25) is 0 Å². The molecule has 0 aliphatic heterocycles. The molecule has 67 heavy (non-hydrogen) atoms. The highest BCUT2D eigenvalue weighted by molar-refractivity contribution is 6.11. The van der Waals surface area contributed by atoms with Crippen LogP contribution in [-0.2, 0) is 0 Å². The first-order valence-electron chi connectivity index (χ1n) is 22.3. The molecule has 7 nitrogen and oxygen atoms in total. The number of para-hydroxylation sites is 1. The summed E-state index contributed by atoms with van der Waals surface area (Å²) in [5, 5.41) is 2.33. The molecule has 12 aromatic rings.